The minimum Gasteiger partial charge on any atom is -0.355 e. The van der Waals surface area contributed by atoms with E-state index in [0.29, 0.717) is 18.0 Å². The zero-order chi connectivity index (χ0) is 28.4. The SMILES string of the molecule is CCNC(=O)[C@H](Cc1ccccc1)N(Cc1ccc(Cl)cc1)C(=O)CCCN(c1ccccc1F)S(C)(=O)=O. The Morgan fingerprint density at radius 3 is 2.21 bits per heavy atom. The molecule has 3 aromatic carbocycles. The van der Waals surface area contributed by atoms with E-state index in [4.69, 9.17) is 11.6 Å². The number of halogens is 2. The molecule has 0 radical (unpaired) electrons. The topological polar surface area (TPSA) is 86.8 Å². The number of benzene rings is 3. The summed E-state index contributed by atoms with van der Waals surface area (Å²) < 4.78 is 40.2. The van der Waals surface area contributed by atoms with Gasteiger partial charge in [-0.25, -0.2) is 12.8 Å². The van der Waals surface area contributed by atoms with E-state index in [0.717, 1.165) is 21.7 Å². The highest BCUT2D eigenvalue weighted by atomic mass is 35.5. The number of para-hydroxylation sites is 1. The summed E-state index contributed by atoms with van der Waals surface area (Å²) in [6.07, 6.45) is 1.39. The first kappa shape index (κ1) is 30.1. The third kappa shape index (κ3) is 8.80. The van der Waals surface area contributed by atoms with Crippen LogP contribution in [0.3, 0.4) is 0 Å². The summed E-state index contributed by atoms with van der Waals surface area (Å²) in [5, 5.41) is 3.39. The van der Waals surface area contributed by atoms with Gasteiger partial charge in [0.2, 0.25) is 21.8 Å². The number of carbonyl (C=O) groups is 2. The quantitative estimate of drug-likeness (QED) is 0.318. The van der Waals surface area contributed by atoms with Crippen molar-refractivity contribution in [3.05, 3.63) is 101 Å². The van der Waals surface area contributed by atoms with Crippen molar-refractivity contribution in [3.63, 3.8) is 0 Å². The van der Waals surface area contributed by atoms with Crippen LogP contribution in [0.25, 0.3) is 0 Å². The lowest BCUT2D eigenvalue weighted by atomic mass is 10.0. The van der Waals surface area contributed by atoms with Gasteiger partial charge in [-0.2, -0.15) is 0 Å². The van der Waals surface area contributed by atoms with Crippen LogP contribution < -0.4 is 9.62 Å². The first-order chi connectivity index (χ1) is 18.6. The van der Waals surface area contributed by atoms with Crippen molar-refractivity contribution in [2.24, 2.45) is 0 Å². The number of sulfonamides is 1. The Labute approximate surface area is 234 Å². The number of hydrogen-bond acceptors (Lipinski definition) is 4. The molecule has 0 heterocycles. The number of rotatable bonds is 13. The maximum atomic E-state index is 14.4. The lowest BCUT2D eigenvalue weighted by Gasteiger charge is -2.32. The van der Waals surface area contributed by atoms with Crippen LogP contribution in [-0.2, 0) is 32.6 Å². The van der Waals surface area contributed by atoms with E-state index in [2.05, 4.69) is 5.32 Å². The average Bonchev–Trinajstić information content (AvgIpc) is 2.90. The molecule has 0 aliphatic rings. The normalized spacial score (nSPS) is 12.0. The van der Waals surface area contributed by atoms with Crippen LogP contribution in [0.1, 0.15) is 30.9 Å². The summed E-state index contributed by atoms with van der Waals surface area (Å²) in [7, 11) is -3.80. The summed E-state index contributed by atoms with van der Waals surface area (Å²) in [6.45, 7) is 2.28. The van der Waals surface area contributed by atoms with Gasteiger partial charge in [0.15, 0.2) is 0 Å². The zero-order valence-corrected chi connectivity index (χ0v) is 23.6. The van der Waals surface area contributed by atoms with E-state index < -0.39 is 21.9 Å². The van der Waals surface area contributed by atoms with Gasteiger partial charge in [-0.15, -0.1) is 0 Å². The molecule has 0 aromatic heterocycles. The Morgan fingerprint density at radius 2 is 1.59 bits per heavy atom. The molecular weight excluding hydrogens is 541 g/mol. The number of amides is 2. The van der Waals surface area contributed by atoms with E-state index in [1.807, 2.05) is 37.3 Å². The molecule has 0 saturated heterocycles. The maximum absolute atomic E-state index is 14.4. The molecule has 0 spiro atoms. The van der Waals surface area contributed by atoms with Crippen LogP contribution in [0.4, 0.5) is 10.1 Å². The fourth-order valence-corrected chi connectivity index (χ4v) is 5.36. The molecule has 2 amide bonds. The van der Waals surface area contributed by atoms with Gasteiger partial charge in [0, 0.05) is 37.5 Å². The number of anilines is 1. The van der Waals surface area contributed by atoms with Gasteiger partial charge in [-0.1, -0.05) is 66.2 Å². The largest absolute Gasteiger partial charge is 0.355 e. The van der Waals surface area contributed by atoms with E-state index in [1.54, 1.807) is 30.3 Å². The molecular formula is C29H33ClFN3O4S. The minimum absolute atomic E-state index is 0.0429. The average molecular weight is 574 g/mol. The fourth-order valence-electron chi connectivity index (χ4n) is 4.27. The van der Waals surface area contributed by atoms with Crippen LogP contribution in [-0.4, -0.2) is 50.5 Å². The first-order valence-corrected chi connectivity index (χ1v) is 14.9. The Kier molecular flexibility index (Phi) is 10.9. The minimum atomic E-state index is -3.80. The second-order valence-corrected chi connectivity index (χ2v) is 11.5. The highest BCUT2D eigenvalue weighted by Crippen LogP contribution is 2.23. The number of likely N-dealkylation sites (N-methyl/N-ethyl adjacent to an activating group) is 1. The van der Waals surface area contributed by atoms with Crippen molar-refractivity contribution < 1.29 is 22.4 Å². The van der Waals surface area contributed by atoms with Crippen molar-refractivity contribution in [3.8, 4) is 0 Å². The van der Waals surface area contributed by atoms with Gasteiger partial charge < -0.3 is 10.2 Å². The molecule has 1 N–H and O–H groups in total. The molecule has 7 nitrogen and oxygen atoms in total. The summed E-state index contributed by atoms with van der Waals surface area (Å²) in [4.78, 5) is 28.4. The maximum Gasteiger partial charge on any atom is 0.243 e. The third-order valence-electron chi connectivity index (χ3n) is 6.16. The zero-order valence-electron chi connectivity index (χ0n) is 22.0. The molecule has 1 atom stereocenters. The van der Waals surface area contributed by atoms with Gasteiger partial charge >= 0.3 is 0 Å². The standard InChI is InChI=1S/C29H33ClFN3O4S/c1-3-32-29(36)27(20-22-10-5-4-6-11-22)33(21-23-15-17-24(30)18-16-23)28(35)14-9-19-34(39(2,37)38)26-13-8-7-12-25(26)31/h4-8,10-13,15-18,27H,3,9,14,19-21H2,1-2H3,(H,32,36)/t27-/m0/s1. The molecule has 0 bridgehead atoms. The molecule has 0 aliphatic heterocycles. The molecule has 10 heteroatoms. The van der Waals surface area contributed by atoms with Crippen molar-refractivity contribution in [2.45, 2.75) is 38.8 Å². The van der Waals surface area contributed by atoms with Crippen LogP contribution in [0.5, 0.6) is 0 Å². The fraction of sp³-hybridized carbons (Fsp3) is 0.310. The van der Waals surface area contributed by atoms with E-state index >= 15 is 0 Å². The summed E-state index contributed by atoms with van der Waals surface area (Å²) in [6, 6.07) is 21.3. The predicted molar refractivity (Wildman–Crippen MR) is 152 cm³/mol. The number of nitrogens with zero attached hydrogens (tertiary/aromatic N) is 2. The van der Waals surface area contributed by atoms with Gasteiger partial charge in [0.25, 0.3) is 0 Å². The van der Waals surface area contributed by atoms with E-state index in [1.165, 1.54) is 23.1 Å². The van der Waals surface area contributed by atoms with Crippen LogP contribution in [0, 0.1) is 5.82 Å². The van der Waals surface area contributed by atoms with Gasteiger partial charge in [0.05, 0.1) is 11.9 Å². The first-order valence-electron chi connectivity index (χ1n) is 12.7. The number of hydrogen-bond donors (Lipinski definition) is 1. The van der Waals surface area contributed by atoms with E-state index in [9.17, 15) is 22.4 Å². The van der Waals surface area contributed by atoms with Gasteiger partial charge in [-0.3, -0.25) is 13.9 Å². The van der Waals surface area contributed by atoms with Crippen LogP contribution in [0.15, 0.2) is 78.9 Å². The highest BCUT2D eigenvalue weighted by Gasteiger charge is 2.30. The Bertz CT molecular complexity index is 1350. The van der Waals surface area contributed by atoms with Crippen molar-refractivity contribution in [1.82, 2.24) is 10.2 Å². The number of carbonyl (C=O) groups excluding carboxylic acids is 2. The van der Waals surface area contributed by atoms with Crippen molar-refractivity contribution in [2.75, 3.05) is 23.7 Å². The van der Waals surface area contributed by atoms with Crippen molar-refractivity contribution >= 4 is 39.1 Å². The summed E-state index contributed by atoms with van der Waals surface area (Å²) in [5.41, 5.74) is 1.61. The van der Waals surface area contributed by atoms with Crippen LogP contribution >= 0.6 is 11.6 Å². The van der Waals surface area contributed by atoms with Crippen LogP contribution in [0.2, 0.25) is 5.02 Å². The summed E-state index contributed by atoms with van der Waals surface area (Å²) >= 11 is 6.04. The van der Waals surface area contributed by atoms with E-state index in [-0.39, 0.29) is 43.4 Å². The Balaban J connectivity index is 1.86. The smallest absolute Gasteiger partial charge is 0.243 e. The second kappa shape index (κ2) is 14.1. The Hall–Kier alpha value is -3.43. The molecule has 0 fully saturated rings. The molecule has 3 aromatic rings. The molecule has 39 heavy (non-hydrogen) atoms. The second-order valence-electron chi connectivity index (χ2n) is 9.14. The molecule has 0 aliphatic carbocycles. The molecule has 208 valence electrons. The molecule has 0 saturated carbocycles. The monoisotopic (exact) mass is 573 g/mol. The Morgan fingerprint density at radius 1 is 0.949 bits per heavy atom. The van der Waals surface area contributed by atoms with Gasteiger partial charge in [0.1, 0.15) is 11.9 Å². The lowest BCUT2D eigenvalue weighted by molar-refractivity contribution is -0.141. The summed E-state index contributed by atoms with van der Waals surface area (Å²) in [5.74, 6) is -1.27. The third-order valence-corrected chi connectivity index (χ3v) is 7.59. The molecule has 0 unspecified atom stereocenters. The highest BCUT2D eigenvalue weighted by molar-refractivity contribution is 7.92. The number of nitrogens with one attached hydrogen (secondary N) is 1. The van der Waals surface area contributed by atoms with Crippen molar-refractivity contribution in [1.29, 1.82) is 0 Å². The lowest BCUT2D eigenvalue weighted by Crippen LogP contribution is -2.50. The predicted octanol–water partition coefficient (Wildman–Crippen LogP) is 4.80. The molecule has 3 rings (SSSR count). The van der Waals surface area contributed by atoms with Gasteiger partial charge in [-0.05, 0) is 48.7 Å².